The van der Waals surface area contributed by atoms with E-state index in [9.17, 15) is 14.7 Å². The molecule has 0 atom stereocenters. The van der Waals surface area contributed by atoms with Gasteiger partial charge in [-0.3, -0.25) is 4.79 Å². The van der Waals surface area contributed by atoms with Crippen LogP contribution in [0.25, 0.3) is 33.4 Å². The summed E-state index contributed by atoms with van der Waals surface area (Å²) in [6.07, 6.45) is 8.69. The van der Waals surface area contributed by atoms with Crippen molar-refractivity contribution in [3.63, 3.8) is 0 Å². The third-order valence-electron chi connectivity index (χ3n) is 8.48. The van der Waals surface area contributed by atoms with Crippen molar-refractivity contribution in [1.29, 1.82) is 0 Å². The molecule has 1 aliphatic heterocycles. The molecule has 47 heavy (non-hydrogen) atoms. The molecule has 0 spiro atoms. The van der Waals surface area contributed by atoms with Crippen molar-refractivity contribution in [2.75, 3.05) is 39.6 Å². The SMILES string of the molecule is CN(C)c1ccc2c(-c3ccc(C(=O)NCCCCCCCCCCC[Si](O)(O)O)cc3C(=O)O)c3ccc(=[N+](C)C)cc-3oc2c1. The standard InChI is InChI=1S/C36H47N3O7Si/c1-38(2)26-15-18-29-32(23-26)46-33-24-27(39(3)4)16-19-30(33)34(29)28-17-14-25(22-31(28)36(41)42)35(40)37-20-12-10-8-6-5-7-9-11-13-21-47(43,44)45/h14-19,22-24,43-45H,5-13,20-21H2,1-4H3,(H-,37,40,41,42)/p+1. The molecule has 0 bridgehead atoms. The van der Waals surface area contributed by atoms with Gasteiger partial charge < -0.3 is 34.1 Å². The van der Waals surface area contributed by atoms with Gasteiger partial charge in [-0.25, -0.2) is 9.37 Å². The minimum atomic E-state index is -3.90. The Morgan fingerprint density at radius 3 is 2.06 bits per heavy atom. The zero-order valence-corrected chi connectivity index (χ0v) is 28.9. The maximum absolute atomic E-state index is 13.0. The van der Waals surface area contributed by atoms with Gasteiger partial charge in [0.25, 0.3) is 5.91 Å². The van der Waals surface area contributed by atoms with Crippen LogP contribution in [0.2, 0.25) is 6.04 Å². The molecule has 0 saturated carbocycles. The smallest absolute Gasteiger partial charge is 0.478 e. The van der Waals surface area contributed by atoms with E-state index in [0.29, 0.717) is 35.4 Å². The van der Waals surface area contributed by atoms with Crippen molar-refractivity contribution < 1.29 is 33.5 Å². The summed E-state index contributed by atoms with van der Waals surface area (Å²) in [5.41, 5.74) is 3.97. The number of carbonyl (C=O) groups is 2. The molecule has 5 N–H and O–H groups in total. The van der Waals surface area contributed by atoms with Gasteiger partial charge in [-0.15, -0.1) is 0 Å². The van der Waals surface area contributed by atoms with E-state index < -0.39 is 14.8 Å². The number of carboxylic acid groups (broad SMARTS) is 1. The van der Waals surface area contributed by atoms with Crippen LogP contribution in [0.5, 0.6) is 0 Å². The van der Waals surface area contributed by atoms with Crippen molar-refractivity contribution in [3.8, 4) is 22.5 Å². The number of nitrogens with zero attached hydrogens (tertiary/aromatic N) is 2. The quantitative estimate of drug-likeness (QED) is 0.0479. The second-order valence-electron chi connectivity index (χ2n) is 12.7. The first-order chi connectivity index (χ1) is 22.4. The first kappa shape index (κ1) is 35.8. The van der Waals surface area contributed by atoms with Crippen LogP contribution in [0.4, 0.5) is 5.69 Å². The summed E-state index contributed by atoms with van der Waals surface area (Å²) in [4.78, 5) is 54.8. The predicted octanol–water partition coefficient (Wildman–Crippen LogP) is 5.16. The average Bonchev–Trinajstić information content (AvgIpc) is 3.02. The number of amides is 1. The first-order valence-electron chi connectivity index (χ1n) is 16.4. The molecule has 0 fully saturated rings. The topological polar surface area (TPSA) is 146 Å². The van der Waals surface area contributed by atoms with Crippen molar-refractivity contribution in [2.24, 2.45) is 0 Å². The molecule has 11 heteroatoms. The number of anilines is 1. The Labute approximate surface area is 277 Å². The highest BCUT2D eigenvalue weighted by Crippen LogP contribution is 2.42. The van der Waals surface area contributed by atoms with E-state index in [2.05, 4.69) is 5.32 Å². The average molecular weight is 663 g/mol. The van der Waals surface area contributed by atoms with Gasteiger partial charge in [0.05, 0.1) is 11.6 Å². The summed E-state index contributed by atoms with van der Waals surface area (Å²) in [5, 5.41) is 15.0. The number of fused-ring (bicyclic) bond motifs is 2. The van der Waals surface area contributed by atoms with Crippen molar-refractivity contribution in [3.05, 3.63) is 71.1 Å². The van der Waals surface area contributed by atoms with Crippen molar-refractivity contribution in [2.45, 2.75) is 63.8 Å². The van der Waals surface area contributed by atoms with E-state index in [1.54, 1.807) is 12.1 Å². The van der Waals surface area contributed by atoms with Gasteiger partial charge in [0.1, 0.15) is 25.4 Å². The fourth-order valence-corrected chi connectivity index (χ4v) is 6.55. The number of hydrogen-bond acceptors (Lipinski definition) is 7. The van der Waals surface area contributed by atoms with Crippen molar-refractivity contribution in [1.82, 2.24) is 9.89 Å². The van der Waals surface area contributed by atoms with Gasteiger partial charge in [0.2, 0.25) is 5.36 Å². The molecule has 2 aromatic rings. The third-order valence-corrected chi connectivity index (χ3v) is 9.50. The van der Waals surface area contributed by atoms with E-state index in [-0.39, 0.29) is 17.5 Å². The maximum atomic E-state index is 13.0. The summed E-state index contributed by atoms with van der Waals surface area (Å²) < 4.78 is 8.37. The molecular weight excluding hydrogens is 614 g/mol. The summed E-state index contributed by atoms with van der Waals surface area (Å²) in [7, 11) is 3.92. The zero-order valence-electron chi connectivity index (χ0n) is 27.9. The molecule has 1 heterocycles. The Bertz CT molecular complexity index is 1740. The molecule has 10 nitrogen and oxygen atoms in total. The van der Waals surface area contributed by atoms with Crippen LogP contribution >= 0.6 is 0 Å². The zero-order chi connectivity index (χ0) is 34.1. The molecule has 4 rings (SSSR count). The van der Waals surface area contributed by atoms with Crippen LogP contribution in [-0.4, -0.2) is 74.9 Å². The number of benzene rings is 3. The van der Waals surface area contributed by atoms with Crippen LogP contribution in [0.15, 0.2) is 59.0 Å². The Morgan fingerprint density at radius 2 is 1.45 bits per heavy atom. The van der Waals surface area contributed by atoms with E-state index >= 15 is 0 Å². The highest BCUT2D eigenvalue weighted by Gasteiger charge is 2.25. The summed E-state index contributed by atoms with van der Waals surface area (Å²) in [6, 6.07) is 16.7. The van der Waals surface area contributed by atoms with Crippen LogP contribution in [0, 0.1) is 0 Å². The van der Waals surface area contributed by atoms with Gasteiger partial charge in [-0.05, 0) is 48.7 Å². The Morgan fingerprint density at radius 1 is 0.809 bits per heavy atom. The molecular formula is C36H48N3O7Si+. The Kier molecular flexibility index (Phi) is 12.3. The van der Waals surface area contributed by atoms with E-state index in [1.807, 2.05) is 74.1 Å². The molecule has 2 aromatic carbocycles. The second-order valence-corrected chi connectivity index (χ2v) is 14.7. The largest absolute Gasteiger partial charge is 0.492 e. The molecule has 2 aliphatic rings. The molecule has 252 valence electrons. The Hall–Kier alpha value is -4.03. The molecule has 0 aromatic heterocycles. The fourth-order valence-electron chi connectivity index (χ4n) is 5.82. The molecule has 1 aliphatic carbocycles. The number of hydrogen-bond donors (Lipinski definition) is 5. The summed E-state index contributed by atoms with van der Waals surface area (Å²) in [6.45, 7) is 0.510. The minimum absolute atomic E-state index is 0.0466. The lowest BCUT2D eigenvalue weighted by Gasteiger charge is -2.19. The van der Waals surface area contributed by atoms with Crippen LogP contribution in [-0.2, 0) is 0 Å². The van der Waals surface area contributed by atoms with Gasteiger partial charge in [0, 0.05) is 66.6 Å². The number of carboxylic acids is 1. The lowest BCUT2D eigenvalue weighted by atomic mass is 9.89. The van der Waals surface area contributed by atoms with E-state index in [0.717, 1.165) is 78.9 Å². The highest BCUT2D eigenvalue weighted by atomic mass is 28.4. The van der Waals surface area contributed by atoms with Crippen LogP contribution in [0.3, 0.4) is 0 Å². The van der Waals surface area contributed by atoms with Gasteiger partial charge in [-0.2, -0.15) is 0 Å². The number of carbonyl (C=O) groups excluding carboxylic acids is 1. The Balaban J connectivity index is 1.45. The van der Waals surface area contributed by atoms with E-state index in [4.69, 9.17) is 18.8 Å². The number of unbranched alkanes of at least 4 members (excludes halogenated alkanes) is 8. The van der Waals surface area contributed by atoms with Crippen LogP contribution in [0.1, 0.15) is 78.5 Å². The second kappa shape index (κ2) is 16.2. The summed E-state index contributed by atoms with van der Waals surface area (Å²) in [5.74, 6) is -0.783. The van der Waals surface area contributed by atoms with Crippen LogP contribution < -0.4 is 20.1 Å². The first-order valence-corrected chi connectivity index (χ1v) is 18.4. The molecule has 0 saturated heterocycles. The third kappa shape index (κ3) is 9.74. The number of aromatic carboxylic acids is 1. The lowest BCUT2D eigenvalue weighted by Crippen LogP contribution is -2.33. The molecule has 1 amide bonds. The maximum Gasteiger partial charge on any atom is 0.492 e. The van der Waals surface area contributed by atoms with E-state index in [1.165, 1.54) is 6.07 Å². The molecule has 0 radical (unpaired) electrons. The van der Waals surface area contributed by atoms with Gasteiger partial charge in [-0.1, -0.05) is 51.0 Å². The normalized spacial score (nSPS) is 11.6. The highest BCUT2D eigenvalue weighted by molar-refractivity contribution is 6.56. The fraction of sp³-hybridized carbons (Fsp3) is 0.417. The molecule has 0 unspecified atom stereocenters. The summed E-state index contributed by atoms with van der Waals surface area (Å²) >= 11 is 0. The van der Waals surface area contributed by atoms with Crippen molar-refractivity contribution >= 4 is 37.3 Å². The lowest BCUT2D eigenvalue weighted by molar-refractivity contribution is 0.0697. The number of rotatable bonds is 16. The predicted molar refractivity (Wildman–Crippen MR) is 188 cm³/mol. The van der Waals surface area contributed by atoms with Gasteiger partial charge >= 0.3 is 14.8 Å². The number of nitrogens with one attached hydrogen (secondary N) is 1. The van der Waals surface area contributed by atoms with Gasteiger partial charge in [0.15, 0.2) is 0 Å². The monoisotopic (exact) mass is 662 g/mol. The minimum Gasteiger partial charge on any atom is -0.478 e.